The van der Waals surface area contributed by atoms with E-state index in [1.54, 1.807) is 19.2 Å². The van der Waals surface area contributed by atoms with Gasteiger partial charge in [-0.3, -0.25) is 20.4 Å². The number of carbonyl (C=O) groups excluding carboxylic acids is 2. The summed E-state index contributed by atoms with van der Waals surface area (Å²) in [4.78, 5) is 25.2. The highest BCUT2D eigenvalue weighted by molar-refractivity contribution is 7.80. The molecule has 0 aliphatic rings. The number of hydrogen-bond acceptors (Lipinski definition) is 4. The average Bonchev–Trinajstić information content (AvgIpc) is 2.63. The smallest absolute Gasteiger partial charge is 0.261 e. The molecule has 7 nitrogen and oxygen atoms in total. The zero-order valence-electron chi connectivity index (χ0n) is 18.4. The van der Waals surface area contributed by atoms with Gasteiger partial charge in [-0.2, -0.15) is 0 Å². The van der Waals surface area contributed by atoms with Gasteiger partial charge in [-0.1, -0.05) is 46.8 Å². The van der Waals surface area contributed by atoms with Gasteiger partial charge in [0.25, 0.3) is 11.8 Å². The number of hydrazine groups is 1. The van der Waals surface area contributed by atoms with Crippen molar-refractivity contribution in [2.24, 2.45) is 5.92 Å². The first-order chi connectivity index (χ1) is 13.5. The van der Waals surface area contributed by atoms with Gasteiger partial charge in [0.15, 0.2) is 5.11 Å². The van der Waals surface area contributed by atoms with Crippen LogP contribution >= 0.6 is 12.2 Å². The summed E-state index contributed by atoms with van der Waals surface area (Å²) in [6.07, 6.45) is 0. The van der Waals surface area contributed by atoms with Gasteiger partial charge in [-0.05, 0) is 48.2 Å². The Hall–Kier alpha value is -2.19. The van der Waals surface area contributed by atoms with E-state index < -0.39 is 6.04 Å². The van der Waals surface area contributed by atoms with Crippen molar-refractivity contribution in [3.63, 3.8) is 0 Å². The van der Waals surface area contributed by atoms with Crippen molar-refractivity contribution in [2.75, 3.05) is 13.7 Å². The molecule has 0 radical (unpaired) electrons. The van der Waals surface area contributed by atoms with E-state index >= 15 is 0 Å². The van der Waals surface area contributed by atoms with Gasteiger partial charge < -0.3 is 15.4 Å². The third-order valence-electron chi connectivity index (χ3n) is 4.34. The van der Waals surface area contributed by atoms with Gasteiger partial charge in [0, 0.05) is 18.7 Å². The quantitative estimate of drug-likeness (QED) is 0.398. The zero-order chi connectivity index (χ0) is 22.2. The highest BCUT2D eigenvalue weighted by Crippen LogP contribution is 2.22. The predicted molar refractivity (Wildman–Crippen MR) is 120 cm³/mol. The highest BCUT2D eigenvalue weighted by Gasteiger charge is 2.25. The number of hydrogen-bond donors (Lipinski definition) is 4. The normalized spacial score (nSPS) is 13.4. The number of carbonyl (C=O) groups is 2. The van der Waals surface area contributed by atoms with E-state index in [-0.39, 0.29) is 34.3 Å². The van der Waals surface area contributed by atoms with E-state index in [4.69, 9.17) is 17.0 Å². The van der Waals surface area contributed by atoms with Gasteiger partial charge in [-0.15, -0.1) is 0 Å². The lowest BCUT2D eigenvalue weighted by molar-refractivity contribution is -0.124. The molecule has 0 saturated carbocycles. The van der Waals surface area contributed by atoms with Crippen LogP contribution < -0.4 is 21.5 Å². The van der Waals surface area contributed by atoms with E-state index in [1.165, 1.54) is 0 Å². The molecular formula is C21H34N4O3S. The number of nitrogens with one attached hydrogen (secondary N) is 4. The molecule has 0 aliphatic carbocycles. The molecule has 0 heterocycles. The van der Waals surface area contributed by atoms with Gasteiger partial charge in [-0.25, -0.2) is 0 Å². The minimum absolute atomic E-state index is 0.00595. The van der Waals surface area contributed by atoms with Crippen molar-refractivity contribution in [2.45, 2.75) is 59.0 Å². The van der Waals surface area contributed by atoms with Crippen LogP contribution in [0.5, 0.6) is 0 Å². The van der Waals surface area contributed by atoms with Crippen molar-refractivity contribution >= 4 is 29.1 Å². The summed E-state index contributed by atoms with van der Waals surface area (Å²) in [5.74, 6) is -0.777. The number of ether oxygens (including phenoxy) is 1. The molecule has 0 aliphatic heterocycles. The van der Waals surface area contributed by atoms with E-state index in [2.05, 4.69) is 42.3 Å². The molecule has 0 saturated heterocycles. The van der Waals surface area contributed by atoms with E-state index in [0.29, 0.717) is 12.2 Å². The third-order valence-corrected chi connectivity index (χ3v) is 4.56. The second-order valence-corrected chi connectivity index (χ2v) is 8.87. The summed E-state index contributed by atoms with van der Waals surface area (Å²) < 4.78 is 5.03. The maximum absolute atomic E-state index is 12.6. The lowest BCUT2D eigenvalue weighted by atomic mass is 9.86. The Bertz CT molecular complexity index is 699. The second kappa shape index (κ2) is 11.1. The van der Waals surface area contributed by atoms with Crippen molar-refractivity contribution in [3.8, 4) is 0 Å². The predicted octanol–water partition coefficient (Wildman–Crippen LogP) is 2.27. The number of thiocarbonyl (C=S) groups is 1. The summed E-state index contributed by atoms with van der Waals surface area (Å²) in [5, 5.41) is 6.06. The van der Waals surface area contributed by atoms with Crippen LogP contribution in [0.25, 0.3) is 0 Å². The van der Waals surface area contributed by atoms with Crippen LogP contribution in [0.2, 0.25) is 0 Å². The molecule has 0 bridgehead atoms. The number of benzene rings is 1. The molecule has 0 spiro atoms. The minimum Gasteiger partial charge on any atom is -0.383 e. The Balaban J connectivity index is 2.69. The fraction of sp³-hybridized carbons (Fsp3) is 0.571. The van der Waals surface area contributed by atoms with Crippen LogP contribution in [-0.2, 0) is 14.9 Å². The van der Waals surface area contributed by atoms with E-state index in [9.17, 15) is 9.59 Å². The SMILES string of the molecule is COC[C@H](C)NC(=S)NNC(=O)[C@@H](NC(=O)c1ccc(C(C)(C)C)cc1)C(C)C. The van der Waals surface area contributed by atoms with E-state index in [0.717, 1.165) is 5.56 Å². The molecule has 0 aromatic heterocycles. The first-order valence-corrected chi connectivity index (χ1v) is 10.1. The Morgan fingerprint density at radius 1 is 1.03 bits per heavy atom. The monoisotopic (exact) mass is 422 g/mol. The fourth-order valence-electron chi connectivity index (χ4n) is 2.63. The molecule has 2 atom stereocenters. The van der Waals surface area contributed by atoms with Crippen LogP contribution in [0.3, 0.4) is 0 Å². The van der Waals surface area contributed by atoms with Crippen LogP contribution in [0.4, 0.5) is 0 Å². The summed E-state index contributed by atoms with van der Waals surface area (Å²) >= 11 is 5.14. The lowest BCUT2D eigenvalue weighted by Gasteiger charge is -2.23. The molecule has 162 valence electrons. The topological polar surface area (TPSA) is 91.5 Å². The van der Waals surface area contributed by atoms with Crippen LogP contribution in [-0.4, -0.2) is 42.7 Å². The maximum atomic E-state index is 12.6. The van der Waals surface area contributed by atoms with Crippen LogP contribution in [0.1, 0.15) is 57.5 Å². The Morgan fingerprint density at radius 3 is 2.10 bits per heavy atom. The van der Waals surface area contributed by atoms with Crippen molar-refractivity contribution in [1.82, 2.24) is 21.5 Å². The summed E-state index contributed by atoms with van der Waals surface area (Å²) in [5.41, 5.74) is 6.86. The van der Waals surface area contributed by atoms with Crippen molar-refractivity contribution in [3.05, 3.63) is 35.4 Å². The molecule has 29 heavy (non-hydrogen) atoms. The number of amides is 2. The summed E-state index contributed by atoms with van der Waals surface area (Å²) in [6.45, 7) is 12.5. The minimum atomic E-state index is -0.712. The van der Waals surface area contributed by atoms with Gasteiger partial charge in [0.05, 0.1) is 6.61 Å². The molecule has 8 heteroatoms. The Morgan fingerprint density at radius 2 is 1.62 bits per heavy atom. The first-order valence-electron chi connectivity index (χ1n) is 9.72. The summed E-state index contributed by atoms with van der Waals surface area (Å²) in [6, 6.07) is 6.71. The summed E-state index contributed by atoms with van der Waals surface area (Å²) in [7, 11) is 1.60. The standard InChI is InChI=1S/C21H34N4O3S/c1-13(2)17(19(27)24-25-20(29)22-14(3)12-28-7)23-18(26)15-8-10-16(11-9-15)21(4,5)6/h8-11,13-14,17H,12H2,1-7H3,(H,23,26)(H,24,27)(H2,22,25,29)/t14-,17-/m0/s1. The highest BCUT2D eigenvalue weighted by atomic mass is 32.1. The van der Waals surface area contributed by atoms with Gasteiger partial charge in [0.2, 0.25) is 0 Å². The largest absolute Gasteiger partial charge is 0.383 e. The average molecular weight is 423 g/mol. The van der Waals surface area contributed by atoms with Crippen molar-refractivity contribution < 1.29 is 14.3 Å². The molecule has 1 rings (SSSR count). The number of rotatable bonds is 7. The third kappa shape index (κ3) is 8.37. The van der Waals surface area contributed by atoms with Gasteiger partial charge in [0.1, 0.15) is 6.04 Å². The molecule has 0 unspecified atom stereocenters. The first kappa shape index (κ1) is 24.8. The molecule has 4 N–H and O–H groups in total. The Labute approximate surface area is 179 Å². The lowest BCUT2D eigenvalue weighted by Crippen LogP contribution is -2.56. The zero-order valence-corrected chi connectivity index (χ0v) is 19.2. The van der Waals surface area contributed by atoms with Crippen molar-refractivity contribution in [1.29, 1.82) is 0 Å². The van der Waals surface area contributed by atoms with E-state index in [1.807, 2.05) is 32.9 Å². The molecular weight excluding hydrogens is 388 g/mol. The van der Waals surface area contributed by atoms with Crippen LogP contribution in [0, 0.1) is 5.92 Å². The molecule has 2 amide bonds. The van der Waals surface area contributed by atoms with Crippen LogP contribution in [0.15, 0.2) is 24.3 Å². The number of methoxy groups -OCH3 is 1. The molecule has 1 aromatic rings. The molecule has 0 fully saturated rings. The second-order valence-electron chi connectivity index (χ2n) is 8.47. The maximum Gasteiger partial charge on any atom is 0.261 e. The Kier molecular flexibility index (Phi) is 9.52. The molecule has 1 aromatic carbocycles. The fourth-order valence-corrected chi connectivity index (χ4v) is 2.88. The van der Waals surface area contributed by atoms with Gasteiger partial charge >= 0.3 is 0 Å².